The van der Waals surface area contributed by atoms with Gasteiger partial charge in [-0.15, -0.1) is 0 Å². The average Bonchev–Trinajstić information content (AvgIpc) is 3.23. The smallest absolute Gasteiger partial charge is 0.377 e. The number of para-hydroxylation sites is 1. The molecule has 0 fully saturated rings. The number of hydrogen-bond donors (Lipinski definition) is 3. The molecule has 7 nitrogen and oxygen atoms in total. The van der Waals surface area contributed by atoms with E-state index >= 15 is 0 Å². The van der Waals surface area contributed by atoms with Crippen molar-refractivity contribution < 1.29 is 27.5 Å². The maximum Gasteiger partial charge on any atom is 0.417 e. The second kappa shape index (κ2) is 10.00. The Morgan fingerprint density at radius 3 is 2.44 bits per heavy atom. The topological polar surface area (TPSA) is 96.1 Å². The third-order valence-electron chi connectivity index (χ3n) is 5.36. The summed E-state index contributed by atoms with van der Waals surface area (Å²) in [4.78, 5) is 33.5. The number of aromatic nitrogens is 2. The number of rotatable bonds is 6. The highest BCUT2D eigenvalue weighted by Gasteiger charge is 2.35. The number of amides is 2. The van der Waals surface area contributed by atoms with Crippen LogP contribution >= 0.6 is 11.6 Å². The quantitative estimate of drug-likeness (QED) is 0.284. The van der Waals surface area contributed by atoms with E-state index in [4.69, 9.17) is 16.3 Å². The number of nitrogens with one attached hydrogen (secondary N) is 3. The van der Waals surface area contributed by atoms with Gasteiger partial charge in [-0.1, -0.05) is 35.9 Å². The molecule has 0 aliphatic rings. The van der Waals surface area contributed by atoms with Crippen molar-refractivity contribution in [3.63, 3.8) is 0 Å². The standard InChI is InChI=1S/C25H20ClF3N4O3/c1-13-6-5-9-18(26)21(13)33-24(35)16-10-14(11-19-22(16)32-20(31-19)12-36-2)30-23(34)15-7-3-4-8-17(15)25(27,28)29/h3-11H,12H2,1-2H3,(H,30,34)(H,31,32)(H,33,35). The van der Waals surface area contributed by atoms with Crippen LogP contribution in [0.1, 0.15) is 37.7 Å². The molecule has 1 aromatic heterocycles. The van der Waals surface area contributed by atoms with Gasteiger partial charge in [-0.2, -0.15) is 13.2 Å². The van der Waals surface area contributed by atoms with Crippen molar-refractivity contribution in [3.8, 4) is 0 Å². The maximum atomic E-state index is 13.4. The number of carbonyl (C=O) groups excluding carboxylic acids is 2. The van der Waals surface area contributed by atoms with E-state index in [-0.39, 0.29) is 23.4 Å². The van der Waals surface area contributed by atoms with Crippen molar-refractivity contribution in [3.05, 3.63) is 87.7 Å². The van der Waals surface area contributed by atoms with Gasteiger partial charge in [0.05, 0.1) is 32.9 Å². The summed E-state index contributed by atoms with van der Waals surface area (Å²) >= 11 is 6.24. The molecule has 4 aromatic rings. The SMILES string of the molecule is COCc1nc2c(C(=O)Nc3c(C)cccc3Cl)cc(NC(=O)c3ccccc3C(F)(F)F)cc2[nH]1. The number of fused-ring (bicyclic) bond motifs is 1. The van der Waals surface area contributed by atoms with Gasteiger partial charge < -0.3 is 20.4 Å². The zero-order valence-corrected chi connectivity index (χ0v) is 19.8. The second-order valence-corrected chi connectivity index (χ2v) is 8.33. The number of anilines is 2. The molecule has 0 bridgehead atoms. The first kappa shape index (κ1) is 25.2. The van der Waals surface area contributed by atoms with E-state index in [1.807, 2.05) is 0 Å². The maximum absolute atomic E-state index is 13.4. The molecule has 0 aliphatic heterocycles. The summed E-state index contributed by atoms with van der Waals surface area (Å²) in [7, 11) is 1.48. The molecular formula is C25H20ClF3N4O3. The van der Waals surface area contributed by atoms with Crippen molar-refractivity contribution in [2.75, 3.05) is 17.7 Å². The Kier molecular flexibility index (Phi) is 7.00. The highest BCUT2D eigenvalue weighted by Crippen LogP contribution is 2.33. The summed E-state index contributed by atoms with van der Waals surface area (Å²) in [6.07, 6.45) is -4.71. The number of benzene rings is 3. The summed E-state index contributed by atoms with van der Waals surface area (Å²) in [5.74, 6) is -1.13. The minimum Gasteiger partial charge on any atom is -0.377 e. The number of methoxy groups -OCH3 is 1. The summed E-state index contributed by atoms with van der Waals surface area (Å²) in [6.45, 7) is 1.90. The number of aryl methyl sites for hydroxylation is 1. The number of aromatic amines is 1. The number of halogens is 4. The van der Waals surface area contributed by atoms with Crippen molar-refractivity contribution in [1.82, 2.24) is 9.97 Å². The van der Waals surface area contributed by atoms with Gasteiger partial charge in [0, 0.05) is 12.8 Å². The lowest BCUT2D eigenvalue weighted by Gasteiger charge is -2.14. The average molecular weight is 517 g/mol. The van der Waals surface area contributed by atoms with Crippen LogP contribution < -0.4 is 10.6 Å². The van der Waals surface area contributed by atoms with Gasteiger partial charge in [-0.05, 0) is 42.8 Å². The molecule has 0 unspecified atom stereocenters. The number of H-pyrrole nitrogens is 1. The molecule has 2 amide bonds. The van der Waals surface area contributed by atoms with Gasteiger partial charge in [-0.3, -0.25) is 9.59 Å². The minimum atomic E-state index is -4.71. The fraction of sp³-hybridized carbons (Fsp3) is 0.160. The second-order valence-electron chi connectivity index (χ2n) is 7.92. The number of imidazole rings is 1. The first-order valence-electron chi connectivity index (χ1n) is 10.6. The van der Waals surface area contributed by atoms with Crippen LogP contribution in [0.2, 0.25) is 5.02 Å². The van der Waals surface area contributed by atoms with Gasteiger partial charge in [0.15, 0.2) is 0 Å². The van der Waals surface area contributed by atoms with Crippen molar-refractivity contribution in [1.29, 1.82) is 0 Å². The summed E-state index contributed by atoms with van der Waals surface area (Å²) in [5.41, 5.74) is 0.346. The number of ether oxygens (including phenoxy) is 1. The van der Waals surface area contributed by atoms with Gasteiger partial charge in [0.2, 0.25) is 0 Å². The fourth-order valence-electron chi connectivity index (χ4n) is 3.72. The van der Waals surface area contributed by atoms with Crippen LogP contribution in [-0.2, 0) is 17.5 Å². The van der Waals surface area contributed by atoms with E-state index in [1.54, 1.807) is 25.1 Å². The molecule has 0 atom stereocenters. The zero-order chi connectivity index (χ0) is 26.0. The van der Waals surface area contributed by atoms with E-state index in [0.29, 0.717) is 22.1 Å². The summed E-state index contributed by atoms with van der Waals surface area (Å²) in [6, 6.07) is 12.4. The van der Waals surface area contributed by atoms with Crippen molar-refractivity contribution in [2.24, 2.45) is 0 Å². The Morgan fingerprint density at radius 2 is 1.75 bits per heavy atom. The molecule has 3 N–H and O–H groups in total. The van der Waals surface area contributed by atoms with Crippen molar-refractivity contribution >= 4 is 45.8 Å². The summed E-state index contributed by atoms with van der Waals surface area (Å²) < 4.78 is 45.3. The molecule has 1 heterocycles. The minimum absolute atomic E-state index is 0.0739. The van der Waals surface area contributed by atoms with Crippen LogP contribution in [0.3, 0.4) is 0 Å². The molecule has 186 valence electrons. The van der Waals surface area contributed by atoms with E-state index in [2.05, 4.69) is 20.6 Å². The molecule has 0 aliphatic carbocycles. The normalized spacial score (nSPS) is 11.5. The molecule has 0 radical (unpaired) electrons. The van der Waals surface area contributed by atoms with Gasteiger partial charge in [0.25, 0.3) is 11.8 Å². The lowest BCUT2D eigenvalue weighted by molar-refractivity contribution is -0.137. The van der Waals surface area contributed by atoms with Gasteiger partial charge in [-0.25, -0.2) is 4.98 Å². The highest BCUT2D eigenvalue weighted by molar-refractivity contribution is 6.34. The van der Waals surface area contributed by atoms with Gasteiger partial charge in [0.1, 0.15) is 17.9 Å². The van der Waals surface area contributed by atoms with Crippen LogP contribution in [-0.4, -0.2) is 28.9 Å². The predicted octanol–water partition coefficient (Wildman–Crippen LogP) is 6.19. The monoisotopic (exact) mass is 516 g/mol. The Bertz CT molecular complexity index is 1450. The molecule has 11 heteroatoms. The van der Waals surface area contributed by atoms with Crippen molar-refractivity contribution in [2.45, 2.75) is 19.7 Å². The Labute approximate surface area is 208 Å². The molecule has 36 heavy (non-hydrogen) atoms. The summed E-state index contributed by atoms with van der Waals surface area (Å²) in [5, 5.41) is 5.54. The Morgan fingerprint density at radius 1 is 1.03 bits per heavy atom. The van der Waals surface area contributed by atoms with E-state index in [1.165, 1.54) is 31.4 Å². The first-order chi connectivity index (χ1) is 17.1. The lowest BCUT2D eigenvalue weighted by Crippen LogP contribution is -2.19. The lowest BCUT2D eigenvalue weighted by atomic mass is 10.1. The Balaban J connectivity index is 1.75. The third kappa shape index (κ3) is 5.19. The van der Waals surface area contributed by atoms with Crippen LogP contribution in [0, 0.1) is 6.92 Å². The number of hydrogen-bond acceptors (Lipinski definition) is 4. The van der Waals surface area contributed by atoms with E-state index in [0.717, 1.165) is 17.7 Å². The predicted molar refractivity (Wildman–Crippen MR) is 130 cm³/mol. The number of alkyl halides is 3. The fourth-order valence-corrected chi connectivity index (χ4v) is 3.99. The third-order valence-corrected chi connectivity index (χ3v) is 5.67. The van der Waals surface area contributed by atoms with Gasteiger partial charge >= 0.3 is 6.18 Å². The Hall–Kier alpha value is -3.89. The van der Waals surface area contributed by atoms with E-state index < -0.39 is 29.1 Å². The molecular weight excluding hydrogens is 497 g/mol. The van der Waals surface area contributed by atoms with Crippen LogP contribution in [0.25, 0.3) is 11.0 Å². The zero-order valence-electron chi connectivity index (χ0n) is 19.1. The molecule has 0 spiro atoms. The largest absolute Gasteiger partial charge is 0.417 e. The number of nitrogens with zero attached hydrogens (tertiary/aromatic N) is 1. The van der Waals surface area contributed by atoms with Crippen LogP contribution in [0.5, 0.6) is 0 Å². The highest BCUT2D eigenvalue weighted by atomic mass is 35.5. The van der Waals surface area contributed by atoms with Crippen LogP contribution in [0.4, 0.5) is 24.5 Å². The molecule has 4 rings (SSSR count). The molecule has 0 saturated heterocycles. The number of carbonyl (C=O) groups is 2. The first-order valence-corrected chi connectivity index (χ1v) is 11.0. The van der Waals surface area contributed by atoms with Crippen LogP contribution in [0.15, 0.2) is 54.6 Å². The molecule has 3 aromatic carbocycles. The molecule has 0 saturated carbocycles. The van der Waals surface area contributed by atoms with E-state index in [9.17, 15) is 22.8 Å².